The van der Waals surface area contributed by atoms with Crippen molar-refractivity contribution in [3.05, 3.63) is 36.0 Å². The first-order valence-corrected chi connectivity index (χ1v) is 11.0. The van der Waals surface area contributed by atoms with Crippen LogP contribution in [0, 0.1) is 6.92 Å². The number of benzene rings is 1. The Kier molecular flexibility index (Phi) is 8.06. The minimum atomic E-state index is -0.804. The molecular formula is C24H31N5O5. The molecular weight excluding hydrogens is 438 g/mol. The van der Waals surface area contributed by atoms with E-state index in [9.17, 15) is 9.90 Å². The van der Waals surface area contributed by atoms with Crippen molar-refractivity contribution in [3.63, 3.8) is 0 Å². The van der Waals surface area contributed by atoms with Gasteiger partial charge >= 0.3 is 0 Å². The van der Waals surface area contributed by atoms with Gasteiger partial charge in [-0.2, -0.15) is 4.98 Å². The standard InChI is InChI=1S/C24H31N5O5/c1-14(2)29(4)22-11-16(10-15(3)26-22)24-27-23(28-34-24)19-8-7-18(12-20(19)32-5)33-13-17(30)6-9-21(25)31/h7-8,10-12,14,17,30H,6,9,13H2,1-5H3,(H2,25,31)/t17-/m0/s1. The summed E-state index contributed by atoms with van der Waals surface area (Å²) in [6, 6.07) is 9.26. The van der Waals surface area contributed by atoms with Gasteiger partial charge in [0.2, 0.25) is 11.7 Å². The van der Waals surface area contributed by atoms with E-state index in [-0.39, 0.29) is 25.5 Å². The fourth-order valence-electron chi connectivity index (χ4n) is 3.20. The quantitative estimate of drug-likeness (QED) is 0.434. The number of carbonyl (C=O) groups is 1. The molecule has 0 aliphatic heterocycles. The third kappa shape index (κ3) is 6.22. The number of aliphatic hydroxyl groups excluding tert-OH is 1. The summed E-state index contributed by atoms with van der Waals surface area (Å²) < 4.78 is 16.7. The summed E-state index contributed by atoms with van der Waals surface area (Å²) in [6.07, 6.45) is -0.472. The molecule has 3 rings (SSSR count). The van der Waals surface area contributed by atoms with Gasteiger partial charge in [0.25, 0.3) is 5.89 Å². The first kappa shape index (κ1) is 25.0. The van der Waals surface area contributed by atoms with Crippen LogP contribution in [0.4, 0.5) is 5.82 Å². The summed E-state index contributed by atoms with van der Waals surface area (Å²) in [5, 5.41) is 14.1. The zero-order chi connectivity index (χ0) is 24.8. The molecule has 3 N–H and O–H groups in total. The van der Waals surface area contributed by atoms with Crippen LogP contribution in [0.2, 0.25) is 0 Å². The lowest BCUT2D eigenvalue weighted by Gasteiger charge is -2.23. The van der Waals surface area contributed by atoms with Crippen LogP contribution < -0.4 is 20.1 Å². The number of amides is 1. The van der Waals surface area contributed by atoms with Crippen LogP contribution in [0.15, 0.2) is 34.9 Å². The molecule has 0 bridgehead atoms. The molecule has 1 aromatic carbocycles. The summed E-state index contributed by atoms with van der Waals surface area (Å²) in [5.41, 5.74) is 7.35. The maximum Gasteiger partial charge on any atom is 0.258 e. The van der Waals surface area contributed by atoms with Gasteiger partial charge in [-0.25, -0.2) is 4.98 Å². The van der Waals surface area contributed by atoms with Crippen LogP contribution in [0.3, 0.4) is 0 Å². The summed E-state index contributed by atoms with van der Waals surface area (Å²) >= 11 is 0. The molecule has 34 heavy (non-hydrogen) atoms. The SMILES string of the molecule is COc1cc(OC[C@@H](O)CCC(N)=O)ccc1-c1noc(-c2cc(C)nc(N(C)C(C)C)c2)n1. The number of hydrogen-bond acceptors (Lipinski definition) is 9. The Labute approximate surface area is 198 Å². The summed E-state index contributed by atoms with van der Waals surface area (Å²) in [4.78, 5) is 22.1. The number of ether oxygens (including phenoxy) is 2. The monoisotopic (exact) mass is 469 g/mol. The molecule has 1 atom stereocenters. The predicted octanol–water partition coefficient (Wildman–Crippen LogP) is 2.97. The lowest BCUT2D eigenvalue weighted by atomic mass is 10.1. The van der Waals surface area contributed by atoms with Crippen molar-refractivity contribution in [1.82, 2.24) is 15.1 Å². The lowest BCUT2D eigenvalue weighted by molar-refractivity contribution is -0.118. The molecule has 10 nitrogen and oxygen atoms in total. The van der Waals surface area contributed by atoms with Gasteiger partial charge in [-0.05, 0) is 51.5 Å². The van der Waals surface area contributed by atoms with Crippen LogP contribution in [-0.4, -0.2) is 59.0 Å². The molecule has 0 aliphatic carbocycles. The number of anilines is 1. The number of carbonyl (C=O) groups excluding carboxylic acids is 1. The van der Waals surface area contributed by atoms with E-state index in [4.69, 9.17) is 19.7 Å². The van der Waals surface area contributed by atoms with Gasteiger partial charge in [-0.15, -0.1) is 0 Å². The van der Waals surface area contributed by atoms with E-state index in [1.807, 2.05) is 26.1 Å². The summed E-state index contributed by atoms with van der Waals surface area (Å²) in [6.45, 7) is 6.13. The van der Waals surface area contributed by atoms with Gasteiger partial charge in [0, 0.05) is 36.8 Å². The van der Waals surface area contributed by atoms with E-state index in [1.165, 1.54) is 7.11 Å². The van der Waals surface area contributed by atoms with Crippen molar-refractivity contribution in [1.29, 1.82) is 0 Å². The van der Waals surface area contributed by atoms with Crippen molar-refractivity contribution in [2.24, 2.45) is 5.73 Å². The second-order valence-corrected chi connectivity index (χ2v) is 8.32. The van der Waals surface area contributed by atoms with Gasteiger partial charge in [0.15, 0.2) is 0 Å². The van der Waals surface area contributed by atoms with Crippen LogP contribution in [-0.2, 0) is 4.79 Å². The van der Waals surface area contributed by atoms with E-state index in [0.29, 0.717) is 28.8 Å². The number of methoxy groups -OCH3 is 1. The van der Waals surface area contributed by atoms with E-state index < -0.39 is 12.0 Å². The minimum absolute atomic E-state index is 0.0245. The number of primary amides is 1. The van der Waals surface area contributed by atoms with Crippen molar-refractivity contribution >= 4 is 11.7 Å². The van der Waals surface area contributed by atoms with Crippen molar-refractivity contribution < 1.29 is 23.9 Å². The van der Waals surface area contributed by atoms with Gasteiger partial charge in [0.1, 0.15) is 23.9 Å². The Bertz CT molecular complexity index is 1130. The first-order chi connectivity index (χ1) is 16.2. The molecule has 0 aliphatic rings. The molecule has 1 amide bonds. The zero-order valence-electron chi connectivity index (χ0n) is 20.1. The van der Waals surface area contributed by atoms with Gasteiger partial charge in [0.05, 0.1) is 18.8 Å². The molecule has 0 spiro atoms. The maximum absolute atomic E-state index is 10.8. The van der Waals surface area contributed by atoms with E-state index in [0.717, 1.165) is 17.1 Å². The summed E-state index contributed by atoms with van der Waals surface area (Å²) in [5.74, 6) is 2.08. The van der Waals surface area contributed by atoms with Gasteiger partial charge in [-0.3, -0.25) is 4.79 Å². The largest absolute Gasteiger partial charge is 0.496 e. The number of rotatable bonds is 11. The Hall–Kier alpha value is -3.66. The molecule has 0 radical (unpaired) electrons. The molecule has 0 unspecified atom stereocenters. The number of nitrogens with two attached hydrogens (primary N) is 1. The van der Waals surface area contributed by atoms with Crippen molar-refractivity contribution in [3.8, 4) is 34.3 Å². The highest BCUT2D eigenvalue weighted by molar-refractivity contribution is 5.73. The third-order valence-corrected chi connectivity index (χ3v) is 5.33. The lowest BCUT2D eigenvalue weighted by Crippen LogP contribution is -2.26. The Morgan fingerprint density at radius 2 is 2.00 bits per heavy atom. The highest BCUT2D eigenvalue weighted by Gasteiger charge is 2.18. The average Bonchev–Trinajstić information content (AvgIpc) is 3.30. The Morgan fingerprint density at radius 1 is 1.24 bits per heavy atom. The van der Waals surface area contributed by atoms with E-state index in [2.05, 4.69) is 33.9 Å². The maximum atomic E-state index is 10.8. The average molecular weight is 470 g/mol. The zero-order valence-corrected chi connectivity index (χ0v) is 20.1. The topological polar surface area (TPSA) is 137 Å². The second kappa shape index (κ2) is 11.0. The van der Waals surface area contributed by atoms with Gasteiger partial charge in [-0.1, -0.05) is 5.16 Å². The summed E-state index contributed by atoms with van der Waals surface area (Å²) in [7, 11) is 3.52. The molecule has 0 fully saturated rings. The molecule has 3 aromatic rings. The van der Waals surface area contributed by atoms with Crippen LogP contribution in [0.5, 0.6) is 11.5 Å². The molecule has 0 saturated carbocycles. The molecule has 0 saturated heterocycles. The number of pyridine rings is 1. The predicted molar refractivity (Wildman–Crippen MR) is 128 cm³/mol. The van der Waals surface area contributed by atoms with Crippen LogP contribution in [0.25, 0.3) is 22.8 Å². The minimum Gasteiger partial charge on any atom is -0.496 e. The number of aryl methyl sites for hydroxylation is 1. The number of hydrogen-bond donors (Lipinski definition) is 2. The fourth-order valence-corrected chi connectivity index (χ4v) is 3.20. The fraction of sp³-hybridized carbons (Fsp3) is 0.417. The van der Waals surface area contributed by atoms with Crippen molar-refractivity contribution in [2.75, 3.05) is 25.7 Å². The third-order valence-electron chi connectivity index (χ3n) is 5.33. The highest BCUT2D eigenvalue weighted by Crippen LogP contribution is 2.33. The number of nitrogens with zero attached hydrogens (tertiary/aromatic N) is 4. The normalized spacial score (nSPS) is 12.0. The molecule has 182 valence electrons. The smallest absolute Gasteiger partial charge is 0.258 e. The molecule has 2 aromatic heterocycles. The first-order valence-electron chi connectivity index (χ1n) is 11.0. The highest BCUT2D eigenvalue weighted by atomic mass is 16.5. The van der Waals surface area contributed by atoms with Crippen molar-refractivity contribution in [2.45, 2.75) is 45.8 Å². The van der Waals surface area contributed by atoms with E-state index in [1.54, 1.807) is 18.2 Å². The van der Waals surface area contributed by atoms with Crippen LogP contribution in [0.1, 0.15) is 32.4 Å². The van der Waals surface area contributed by atoms with E-state index >= 15 is 0 Å². The number of aliphatic hydroxyl groups is 1. The van der Waals surface area contributed by atoms with Crippen LogP contribution >= 0.6 is 0 Å². The molecule has 10 heteroatoms. The Balaban J connectivity index is 1.79. The number of aromatic nitrogens is 3. The second-order valence-electron chi connectivity index (χ2n) is 8.32. The molecule has 2 heterocycles. The van der Waals surface area contributed by atoms with Gasteiger partial charge < -0.3 is 29.7 Å². The Morgan fingerprint density at radius 3 is 2.68 bits per heavy atom.